The van der Waals surface area contributed by atoms with Gasteiger partial charge >= 0.3 is 5.97 Å². The van der Waals surface area contributed by atoms with Gasteiger partial charge in [-0.05, 0) is 20.3 Å². The molecular weight excluding hydrogens is 240 g/mol. The van der Waals surface area contributed by atoms with E-state index in [-0.39, 0.29) is 19.6 Å². The van der Waals surface area contributed by atoms with Gasteiger partial charge in [-0.25, -0.2) is 0 Å². The molecule has 0 aromatic heterocycles. The van der Waals surface area contributed by atoms with Gasteiger partial charge in [0.2, 0.25) is 0 Å². The Morgan fingerprint density at radius 1 is 1.62 bits per heavy atom. The molecule has 0 saturated carbocycles. The SMILES string of the molecule is CC(C)(Br)C(=O)OCC(O)CCO. The Kier molecular flexibility index (Phi) is 5.51. The van der Waals surface area contributed by atoms with E-state index < -0.39 is 16.4 Å². The third kappa shape index (κ3) is 6.01. The second kappa shape index (κ2) is 5.57. The van der Waals surface area contributed by atoms with Gasteiger partial charge in [-0.1, -0.05) is 15.9 Å². The maximum Gasteiger partial charge on any atom is 0.322 e. The molecule has 0 bridgehead atoms. The number of carbonyl (C=O) groups is 1. The number of esters is 1. The minimum absolute atomic E-state index is 0.0750. The van der Waals surface area contributed by atoms with E-state index in [1.165, 1.54) is 0 Å². The Morgan fingerprint density at radius 2 is 2.15 bits per heavy atom. The lowest BCUT2D eigenvalue weighted by molar-refractivity contribution is -0.148. The van der Waals surface area contributed by atoms with Crippen LogP contribution in [-0.4, -0.2) is 39.8 Å². The summed E-state index contributed by atoms with van der Waals surface area (Å²) in [6, 6.07) is 0. The Bertz CT molecular complexity index is 164. The van der Waals surface area contributed by atoms with Crippen LogP contribution in [0.1, 0.15) is 20.3 Å². The molecule has 0 aliphatic rings. The summed E-state index contributed by atoms with van der Waals surface area (Å²) in [7, 11) is 0. The molecule has 0 aromatic rings. The molecule has 0 aliphatic carbocycles. The van der Waals surface area contributed by atoms with Crippen LogP contribution in [0.5, 0.6) is 0 Å². The van der Waals surface area contributed by atoms with Crippen molar-refractivity contribution in [3.8, 4) is 0 Å². The molecule has 5 heteroatoms. The van der Waals surface area contributed by atoms with E-state index >= 15 is 0 Å². The fourth-order valence-electron chi connectivity index (χ4n) is 0.576. The first-order valence-electron chi connectivity index (χ1n) is 4.03. The molecule has 13 heavy (non-hydrogen) atoms. The molecule has 0 amide bonds. The molecule has 0 aromatic carbocycles. The predicted octanol–water partition coefficient (Wildman–Crippen LogP) is 0.446. The summed E-state index contributed by atoms with van der Waals surface area (Å²) in [5.41, 5.74) is 0. The Labute approximate surface area is 86.0 Å². The minimum Gasteiger partial charge on any atom is -0.462 e. The van der Waals surface area contributed by atoms with Crippen LogP contribution >= 0.6 is 15.9 Å². The number of hydrogen-bond acceptors (Lipinski definition) is 4. The van der Waals surface area contributed by atoms with Gasteiger partial charge in [0.05, 0.1) is 6.10 Å². The van der Waals surface area contributed by atoms with Crippen molar-refractivity contribution in [2.24, 2.45) is 0 Å². The van der Waals surface area contributed by atoms with E-state index in [1.807, 2.05) is 0 Å². The molecule has 0 heterocycles. The molecule has 0 aliphatic heterocycles. The first-order chi connectivity index (χ1) is 5.88. The molecule has 4 nitrogen and oxygen atoms in total. The van der Waals surface area contributed by atoms with Crippen LogP contribution in [0.15, 0.2) is 0 Å². The number of alkyl halides is 1. The quantitative estimate of drug-likeness (QED) is 0.552. The smallest absolute Gasteiger partial charge is 0.322 e. The highest BCUT2D eigenvalue weighted by molar-refractivity contribution is 9.10. The fraction of sp³-hybridized carbons (Fsp3) is 0.875. The Morgan fingerprint density at radius 3 is 2.54 bits per heavy atom. The molecule has 1 atom stereocenters. The van der Waals surface area contributed by atoms with E-state index in [0.29, 0.717) is 0 Å². The number of carbonyl (C=O) groups excluding carboxylic acids is 1. The Hall–Kier alpha value is -0.130. The van der Waals surface area contributed by atoms with E-state index in [1.54, 1.807) is 13.8 Å². The third-order valence-electron chi connectivity index (χ3n) is 1.35. The zero-order valence-electron chi connectivity index (χ0n) is 7.79. The van der Waals surface area contributed by atoms with Crippen molar-refractivity contribution in [3.63, 3.8) is 0 Å². The van der Waals surface area contributed by atoms with Crippen LogP contribution in [0, 0.1) is 0 Å². The van der Waals surface area contributed by atoms with Gasteiger partial charge in [0.15, 0.2) is 0 Å². The monoisotopic (exact) mass is 254 g/mol. The van der Waals surface area contributed by atoms with E-state index in [2.05, 4.69) is 15.9 Å². The predicted molar refractivity (Wildman–Crippen MR) is 51.7 cm³/mol. The molecule has 0 rings (SSSR count). The van der Waals surface area contributed by atoms with Crippen molar-refractivity contribution in [1.29, 1.82) is 0 Å². The molecule has 0 spiro atoms. The lowest BCUT2D eigenvalue weighted by Gasteiger charge is -2.16. The van der Waals surface area contributed by atoms with Crippen molar-refractivity contribution in [3.05, 3.63) is 0 Å². The maximum atomic E-state index is 11.1. The van der Waals surface area contributed by atoms with Gasteiger partial charge in [0.1, 0.15) is 10.9 Å². The number of halogens is 1. The first-order valence-corrected chi connectivity index (χ1v) is 4.82. The lowest BCUT2D eigenvalue weighted by Crippen LogP contribution is -2.30. The van der Waals surface area contributed by atoms with Crippen molar-refractivity contribution in [1.82, 2.24) is 0 Å². The zero-order valence-corrected chi connectivity index (χ0v) is 9.37. The van der Waals surface area contributed by atoms with Gasteiger partial charge in [-0.15, -0.1) is 0 Å². The highest BCUT2D eigenvalue weighted by atomic mass is 79.9. The molecule has 0 saturated heterocycles. The van der Waals surface area contributed by atoms with Crippen molar-refractivity contribution in [2.45, 2.75) is 30.7 Å². The van der Waals surface area contributed by atoms with E-state index in [9.17, 15) is 4.79 Å². The lowest BCUT2D eigenvalue weighted by atomic mass is 10.2. The average molecular weight is 255 g/mol. The fourth-order valence-corrected chi connectivity index (χ4v) is 0.690. The molecule has 0 fully saturated rings. The van der Waals surface area contributed by atoms with E-state index in [0.717, 1.165) is 0 Å². The second-order valence-electron chi connectivity index (χ2n) is 3.24. The summed E-state index contributed by atoms with van der Waals surface area (Å²) in [6.07, 6.45) is -0.570. The van der Waals surface area contributed by atoms with Gasteiger partial charge in [0, 0.05) is 6.61 Å². The van der Waals surface area contributed by atoms with Gasteiger partial charge < -0.3 is 14.9 Å². The van der Waals surface area contributed by atoms with Crippen molar-refractivity contribution < 1.29 is 19.7 Å². The van der Waals surface area contributed by atoms with Crippen LogP contribution in [0.2, 0.25) is 0 Å². The van der Waals surface area contributed by atoms with Crippen LogP contribution in [-0.2, 0) is 9.53 Å². The third-order valence-corrected chi connectivity index (χ3v) is 1.68. The van der Waals surface area contributed by atoms with Gasteiger partial charge in [-0.2, -0.15) is 0 Å². The standard InChI is InChI=1S/C8H15BrO4/c1-8(2,9)7(12)13-5-6(11)3-4-10/h6,10-11H,3-5H2,1-2H3. The van der Waals surface area contributed by atoms with Crippen LogP contribution < -0.4 is 0 Å². The maximum absolute atomic E-state index is 11.1. The van der Waals surface area contributed by atoms with Crippen LogP contribution in [0.25, 0.3) is 0 Å². The first kappa shape index (κ1) is 12.9. The number of rotatable bonds is 5. The number of aliphatic hydroxyl groups is 2. The van der Waals surface area contributed by atoms with Crippen LogP contribution in [0.4, 0.5) is 0 Å². The molecule has 0 radical (unpaired) electrons. The highest BCUT2D eigenvalue weighted by Gasteiger charge is 2.25. The van der Waals surface area contributed by atoms with Gasteiger partial charge in [0.25, 0.3) is 0 Å². The molecule has 2 N–H and O–H groups in total. The topological polar surface area (TPSA) is 66.8 Å². The summed E-state index contributed by atoms with van der Waals surface area (Å²) in [5, 5.41) is 17.6. The zero-order chi connectivity index (χ0) is 10.5. The normalized spacial score (nSPS) is 13.9. The number of hydrogen-bond donors (Lipinski definition) is 2. The van der Waals surface area contributed by atoms with Gasteiger partial charge in [-0.3, -0.25) is 4.79 Å². The average Bonchev–Trinajstić information content (AvgIpc) is 1.99. The Balaban J connectivity index is 3.71. The molecular formula is C8H15BrO4. The van der Waals surface area contributed by atoms with E-state index in [4.69, 9.17) is 14.9 Å². The van der Waals surface area contributed by atoms with Crippen molar-refractivity contribution in [2.75, 3.05) is 13.2 Å². The summed E-state index contributed by atoms with van der Waals surface area (Å²) >= 11 is 3.13. The van der Waals surface area contributed by atoms with Crippen molar-refractivity contribution >= 4 is 21.9 Å². The van der Waals surface area contributed by atoms with Crippen LogP contribution in [0.3, 0.4) is 0 Å². The largest absolute Gasteiger partial charge is 0.462 e. The number of aliphatic hydroxyl groups excluding tert-OH is 2. The number of ether oxygens (including phenoxy) is 1. The highest BCUT2D eigenvalue weighted by Crippen LogP contribution is 2.17. The molecule has 78 valence electrons. The molecule has 1 unspecified atom stereocenters. The summed E-state index contributed by atoms with van der Waals surface area (Å²) in [4.78, 5) is 11.1. The second-order valence-corrected chi connectivity index (χ2v) is 5.22. The summed E-state index contributed by atoms with van der Waals surface area (Å²) < 4.78 is 4.04. The summed E-state index contributed by atoms with van der Waals surface area (Å²) in [5.74, 6) is -0.426. The minimum atomic E-state index is -0.788. The summed E-state index contributed by atoms with van der Waals surface area (Å²) in [6.45, 7) is 3.13.